The highest BCUT2D eigenvalue weighted by Gasteiger charge is 2.44. The molecule has 228 valence electrons. The molecule has 0 atom stereocenters. The highest BCUT2D eigenvalue weighted by Crippen LogP contribution is 2.41. The molecule has 0 radical (unpaired) electrons. The second-order valence-corrected chi connectivity index (χ2v) is 11.1. The number of hydrogen-bond donors (Lipinski definition) is 0. The number of ether oxygens (including phenoxy) is 2. The predicted octanol–water partition coefficient (Wildman–Crippen LogP) is 9.72. The van der Waals surface area contributed by atoms with E-state index in [1.54, 1.807) is 12.1 Å². The SMILES string of the molecule is C/C=C/CCc1ccc(C(F)(F)OC2CCC(C#CC3CCC(C(F)(F)Oc4cc(F)c(F)c(F)c4)CC3)CC2)cc1. The molecule has 9 heteroatoms. The van der Waals surface area contributed by atoms with Crippen LogP contribution in [0.15, 0.2) is 48.6 Å². The molecule has 0 spiro atoms. The van der Waals surface area contributed by atoms with Crippen LogP contribution in [0.1, 0.15) is 75.8 Å². The highest BCUT2D eigenvalue weighted by atomic mass is 19.3. The third kappa shape index (κ3) is 8.53. The van der Waals surface area contributed by atoms with Gasteiger partial charge in [-0.2, -0.15) is 17.6 Å². The van der Waals surface area contributed by atoms with Crippen molar-refractivity contribution < 1.29 is 40.2 Å². The van der Waals surface area contributed by atoms with Crippen molar-refractivity contribution in [2.45, 2.75) is 89.5 Å². The Morgan fingerprint density at radius 1 is 0.810 bits per heavy atom. The molecular formula is C33H35F7O2. The Labute approximate surface area is 242 Å². The van der Waals surface area contributed by atoms with Crippen LogP contribution in [0.2, 0.25) is 0 Å². The quantitative estimate of drug-likeness (QED) is 0.124. The van der Waals surface area contributed by atoms with Crippen LogP contribution in [0.5, 0.6) is 5.75 Å². The number of halogens is 7. The number of allylic oxidation sites excluding steroid dienone is 2. The molecule has 0 heterocycles. The minimum absolute atomic E-state index is 0.0284. The number of benzene rings is 2. The van der Waals surface area contributed by atoms with Crippen molar-refractivity contribution >= 4 is 0 Å². The molecular weight excluding hydrogens is 561 g/mol. The Hall–Kier alpha value is -2.99. The lowest BCUT2D eigenvalue weighted by molar-refractivity contribution is -0.277. The summed E-state index contributed by atoms with van der Waals surface area (Å²) in [7, 11) is 0. The van der Waals surface area contributed by atoms with Crippen molar-refractivity contribution in [2.75, 3.05) is 0 Å². The smallest absolute Gasteiger partial charge is 0.400 e. The fraction of sp³-hybridized carbons (Fsp3) is 0.515. The van der Waals surface area contributed by atoms with E-state index in [1.165, 1.54) is 12.1 Å². The molecule has 0 saturated heterocycles. The molecule has 2 aromatic carbocycles. The average Bonchev–Trinajstić information content (AvgIpc) is 2.96. The molecule has 0 unspecified atom stereocenters. The lowest BCUT2D eigenvalue weighted by Crippen LogP contribution is -2.37. The summed E-state index contributed by atoms with van der Waals surface area (Å²) >= 11 is 0. The topological polar surface area (TPSA) is 18.5 Å². The fourth-order valence-electron chi connectivity index (χ4n) is 5.53. The summed E-state index contributed by atoms with van der Waals surface area (Å²) in [4.78, 5) is 0. The van der Waals surface area contributed by atoms with Gasteiger partial charge in [0.25, 0.3) is 0 Å². The third-order valence-electron chi connectivity index (χ3n) is 8.02. The summed E-state index contributed by atoms with van der Waals surface area (Å²) in [6, 6.07) is 7.04. The minimum Gasteiger partial charge on any atom is -0.432 e. The maximum Gasteiger partial charge on any atom is 0.400 e. The second-order valence-electron chi connectivity index (χ2n) is 11.1. The fourth-order valence-corrected chi connectivity index (χ4v) is 5.53. The zero-order valence-electron chi connectivity index (χ0n) is 23.5. The molecule has 2 nitrogen and oxygen atoms in total. The van der Waals surface area contributed by atoms with E-state index in [9.17, 15) is 30.7 Å². The van der Waals surface area contributed by atoms with E-state index in [0.717, 1.165) is 18.4 Å². The van der Waals surface area contributed by atoms with Crippen LogP contribution >= 0.6 is 0 Å². The average molecular weight is 597 g/mol. The molecule has 4 rings (SSSR count). The van der Waals surface area contributed by atoms with Gasteiger partial charge in [-0.05, 0) is 76.7 Å². The summed E-state index contributed by atoms with van der Waals surface area (Å²) in [5, 5.41) is 0. The second kappa shape index (κ2) is 14.0. The zero-order valence-corrected chi connectivity index (χ0v) is 23.5. The van der Waals surface area contributed by atoms with Crippen LogP contribution in [-0.4, -0.2) is 12.2 Å². The summed E-state index contributed by atoms with van der Waals surface area (Å²) in [6.07, 6.45) is 1.15. The molecule has 2 aliphatic rings. The Balaban J connectivity index is 1.21. The number of hydrogen-bond acceptors (Lipinski definition) is 2. The molecule has 0 amide bonds. The van der Waals surface area contributed by atoms with E-state index in [4.69, 9.17) is 4.74 Å². The molecule has 0 aliphatic heterocycles. The van der Waals surface area contributed by atoms with Gasteiger partial charge in [-0.3, -0.25) is 0 Å². The number of rotatable bonds is 9. The molecule has 0 N–H and O–H groups in total. The van der Waals surface area contributed by atoms with Crippen molar-refractivity contribution in [1.82, 2.24) is 0 Å². The Kier molecular flexibility index (Phi) is 10.6. The van der Waals surface area contributed by atoms with Gasteiger partial charge in [0.15, 0.2) is 17.5 Å². The number of aryl methyl sites for hydroxylation is 1. The summed E-state index contributed by atoms with van der Waals surface area (Å²) in [5.74, 6) is -0.569. The first-order valence-electron chi connectivity index (χ1n) is 14.5. The minimum atomic E-state index is -3.68. The lowest BCUT2D eigenvalue weighted by atomic mass is 9.81. The monoisotopic (exact) mass is 596 g/mol. The third-order valence-corrected chi connectivity index (χ3v) is 8.02. The van der Waals surface area contributed by atoms with Gasteiger partial charge in [-0.15, -0.1) is 0 Å². The van der Waals surface area contributed by atoms with Crippen LogP contribution in [0.4, 0.5) is 30.7 Å². The van der Waals surface area contributed by atoms with Crippen molar-refractivity contribution in [3.63, 3.8) is 0 Å². The van der Waals surface area contributed by atoms with Crippen LogP contribution in [0.3, 0.4) is 0 Å². The maximum absolute atomic E-state index is 14.8. The Bertz CT molecular complexity index is 1240. The van der Waals surface area contributed by atoms with Crippen molar-refractivity contribution in [3.8, 4) is 17.6 Å². The van der Waals surface area contributed by atoms with E-state index in [-0.39, 0.29) is 30.2 Å². The lowest BCUT2D eigenvalue weighted by Gasteiger charge is -2.32. The Morgan fingerprint density at radius 3 is 1.90 bits per heavy atom. The van der Waals surface area contributed by atoms with Gasteiger partial charge < -0.3 is 9.47 Å². The molecule has 0 aromatic heterocycles. The van der Waals surface area contributed by atoms with Gasteiger partial charge in [0.1, 0.15) is 5.75 Å². The van der Waals surface area contributed by atoms with E-state index in [0.29, 0.717) is 50.7 Å². The molecule has 0 bridgehead atoms. The first-order valence-corrected chi connectivity index (χ1v) is 14.5. The van der Waals surface area contributed by atoms with Gasteiger partial charge in [0.2, 0.25) is 0 Å². The van der Waals surface area contributed by atoms with Crippen molar-refractivity contribution in [3.05, 3.63) is 77.1 Å². The predicted molar refractivity (Wildman–Crippen MR) is 145 cm³/mol. The summed E-state index contributed by atoms with van der Waals surface area (Å²) in [6.45, 7) is 1.94. The van der Waals surface area contributed by atoms with Crippen LogP contribution in [0, 0.1) is 47.0 Å². The largest absolute Gasteiger partial charge is 0.432 e. The van der Waals surface area contributed by atoms with Crippen molar-refractivity contribution in [2.24, 2.45) is 17.8 Å². The van der Waals surface area contributed by atoms with Gasteiger partial charge in [0, 0.05) is 24.0 Å². The molecule has 42 heavy (non-hydrogen) atoms. The van der Waals surface area contributed by atoms with Crippen LogP contribution < -0.4 is 4.74 Å². The van der Waals surface area contributed by atoms with Gasteiger partial charge in [-0.25, -0.2) is 13.2 Å². The molecule has 2 aromatic rings. The molecule has 2 aliphatic carbocycles. The zero-order chi connectivity index (χ0) is 30.3. The Morgan fingerprint density at radius 2 is 1.36 bits per heavy atom. The first-order chi connectivity index (χ1) is 20.0. The van der Waals surface area contributed by atoms with Crippen LogP contribution in [0.25, 0.3) is 0 Å². The first kappa shape index (κ1) is 31.9. The normalized spacial score (nSPS) is 23.4. The van der Waals surface area contributed by atoms with Crippen LogP contribution in [-0.2, 0) is 17.3 Å². The number of alkyl halides is 4. The summed E-state index contributed by atoms with van der Waals surface area (Å²) < 4.78 is 108. The summed E-state index contributed by atoms with van der Waals surface area (Å²) in [5.41, 5.74) is 0.823. The van der Waals surface area contributed by atoms with E-state index >= 15 is 0 Å². The molecule has 2 fully saturated rings. The standard InChI is InChI=1S/C33H35F7O2/c1-2-3-4-5-22-8-14-25(15-9-22)32(37,38)41-27-18-12-24(13-19-27)7-6-23-10-16-26(17-11-23)33(39,40)42-28-20-29(34)31(36)30(35)21-28/h2-3,8-9,14-15,20-21,23-24,26-27H,4-5,10-13,16-19H2,1H3/b3-2+. The van der Waals surface area contributed by atoms with Gasteiger partial charge in [-0.1, -0.05) is 48.3 Å². The molecule has 2 saturated carbocycles. The van der Waals surface area contributed by atoms with E-state index in [2.05, 4.69) is 16.6 Å². The van der Waals surface area contributed by atoms with Gasteiger partial charge in [0.05, 0.1) is 17.6 Å². The van der Waals surface area contributed by atoms with E-state index in [1.807, 2.05) is 19.1 Å². The highest BCUT2D eigenvalue weighted by molar-refractivity contribution is 5.26. The van der Waals surface area contributed by atoms with E-state index < -0.39 is 47.4 Å². The van der Waals surface area contributed by atoms with Gasteiger partial charge >= 0.3 is 12.2 Å². The van der Waals surface area contributed by atoms with Crippen molar-refractivity contribution in [1.29, 1.82) is 0 Å². The maximum atomic E-state index is 14.8.